The van der Waals surface area contributed by atoms with Crippen LogP contribution in [0.5, 0.6) is 0 Å². The number of piperidine rings is 1. The first-order valence-corrected chi connectivity index (χ1v) is 12.8. The van der Waals surface area contributed by atoms with Crippen molar-refractivity contribution < 1.29 is 13.2 Å². The van der Waals surface area contributed by atoms with Crippen LogP contribution in [-0.2, 0) is 10.0 Å². The summed E-state index contributed by atoms with van der Waals surface area (Å²) in [6.07, 6.45) is 3.38. The number of hydrogen-bond acceptors (Lipinski definition) is 6. The van der Waals surface area contributed by atoms with Crippen molar-refractivity contribution in [2.24, 2.45) is 0 Å². The fourth-order valence-corrected chi connectivity index (χ4v) is 6.28. The van der Waals surface area contributed by atoms with Gasteiger partial charge in [-0.3, -0.25) is 4.79 Å². The van der Waals surface area contributed by atoms with Crippen molar-refractivity contribution in [2.75, 3.05) is 13.1 Å². The van der Waals surface area contributed by atoms with Crippen LogP contribution in [-0.4, -0.2) is 46.6 Å². The molecule has 0 atom stereocenters. The number of carbonyl (C=O) groups excluding carboxylic acids is 1. The summed E-state index contributed by atoms with van der Waals surface area (Å²) in [5.41, 5.74) is 2.89. The van der Waals surface area contributed by atoms with Crippen LogP contribution in [0.2, 0.25) is 5.02 Å². The van der Waals surface area contributed by atoms with Gasteiger partial charge in [0.25, 0.3) is 0 Å². The number of hydrogen-bond donors (Lipinski definition) is 0. The Morgan fingerprint density at radius 1 is 1.09 bits per heavy atom. The molecule has 0 saturated carbocycles. The lowest BCUT2D eigenvalue weighted by Crippen LogP contribution is -2.39. The second-order valence-electron chi connectivity index (χ2n) is 8.25. The van der Waals surface area contributed by atoms with E-state index in [2.05, 4.69) is 11.1 Å². The highest BCUT2D eigenvalue weighted by molar-refractivity contribution is 7.89. The van der Waals surface area contributed by atoms with Crippen LogP contribution in [0.3, 0.4) is 0 Å². The number of nitriles is 1. The maximum absolute atomic E-state index is 13.2. The Morgan fingerprint density at radius 3 is 2.57 bits per heavy atom. The normalized spacial score (nSPS) is 15.2. The monoisotopic (exact) mass is 505 g/mol. The number of halogens is 1. The van der Waals surface area contributed by atoms with Gasteiger partial charge in [-0.1, -0.05) is 23.7 Å². The third kappa shape index (κ3) is 4.10. The van der Waals surface area contributed by atoms with Crippen LogP contribution in [0, 0.1) is 11.3 Å². The lowest BCUT2D eigenvalue weighted by atomic mass is 10.0. The maximum Gasteiger partial charge on any atom is 0.243 e. The van der Waals surface area contributed by atoms with Crippen molar-refractivity contribution in [1.29, 1.82) is 5.26 Å². The van der Waals surface area contributed by atoms with E-state index in [1.807, 2.05) is 34.9 Å². The molecule has 1 saturated heterocycles. The molecule has 0 spiro atoms. The second kappa shape index (κ2) is 9.23. The van der Waals surface area contributed by atoms with E-state index in [0.717, 1.165) is 5.52 Å². The minimum atomic E-state index is -3.77. The number of carbonyl (C=O) groups is 1. The quantitative estimate of drug-likeness (QED) is 0.370. The number of benzene rings is 2. The molecular weight excluding hydrogens is 486 g/mol. The van der Waals surface area contributed by atoms with Crippen molar-refractivity contribution in [1.82, 2.24) is 18.8 Å². The molecular formula is C25H20ClN5O3S. The van der Waals surface area contributed by atoms with Gasteiger partial charge in [-0.15, -0.1) is 0 Å². The summed E-state index contributed by atoms with van der Waals surface area (Å²) in [5, 5.41) is 9.74. The zero-order valence-corrected chi connectivity index (χ0v) is 20.1. The van der Waals surface area contributed by atoms with Gasteiger partial charge in [-0.2, -0.15) is 9.57 Å². The Hall–Kier alpha value is -3.58. The van der Waals surface area contributed by atoms with Gasteiger partial charge in [-0.25, -0.2) is 18.4 Å². The number of imidazole rings is 1. The summed E-state index contributed by atoms with van der Waals surface area (Å²) >= 11 is 6.07. The highest BCUT2D eigenvalue weighted by Gasteiger charge is 2.32. The van der Waals surface area contributed by atoms with Crippen LogP contribution >= 0.6 is 11.6 Å². The number of pyridine rings is 1. The van der Waals surface area contributed by atoms with Gasteiger partial charge in [0.1, 0.15) is 11.3 Å². The molecule has 0 unspecified atom stereocenters. The first-order valence-electron chi connectivity index (χ1n) is 11.0. The van der Waals surface area contributed by atoms with Crippen molar-refractivity contribution in [3.05, 3.63) is 76.9 Å². The van der Waals surface area contributed by atoms with Crippen LogP contribution in [0.25, 0.3) is 22.6 Å². The molecule has 0 bridgehead atoms. The number of aldehydes is 1. The summed E-state index contributed by atoms with van der Waals surface area (Å²) in [6, 6.07) is 17.3. The molecule has 3 heterocycles. The van der Waals surface area contributed by atoms with E-state index in [4.69, 9.17) is 16.6 Å². The molecule has 10 heteroatoms. The number of sulfonamides is 1. The molecule has 1 fully saturated rings. The molecule has 176 valence electrons. The molecule has 1 aliphatic rings. The van der Waals surface area contributed by atoms with Gasteiger partial charge < -0.3 is 4.57 Å². The van der Waals surface area contributed by atoms with Crippen LogP contribution in [0.15, 0.2) is 65.7 Å². The van der Waals surface area contributed by atoms with Gasteiger partial charge in [0.15, 0.2) is 11.9 Å². The van der Waals surface area contributed by atoms with Crippen LogP contribution in [0.4, 0.5) is 0 Å². The molecule has 4 aromatic rings. The number of fused-ring (bicyclic) bond motifs is 1. The third-order valence-electron chi connectivity index (χ3n) is 6.26. The number of aromatic nitrogens is 3. The fourth-order valence-electron chi connectivity index (χ4n) is 4.49. The molecule has 0 aliphatic carbocycles. The Kier molecular flexibility index (Phi) is 6.11. The predicted molar refractivity (Wildman–Crippen MR) is 132 cm³/mol. The third-order valence-corrected chi connectivity index (χ3v) is 8.48. The van der Waals surface area contributed by atoms with Crippen molar-refractivity contribution >= 4 is 39.1 Å². The summed E-state index contributed by atoms with van der Waals surface area (Å²) in [7, 11) is -3.77. The minimum absolute atomic E-state index is 0.0517. The fraction of sp³-hybridized carbons (Fsp3) is 0.200. The highest BCUT2D eigenvalue weighted by atomic mass is 35.5. The molecule has 0 N–H and O–H groups in total. The first kappa shape index (κ1) is 23.2. The Morgan fingerprint density at radius 2 is 1.86 bits per heavy atom. The van der Waals surface area contributed by atoms with E-state index in [0.29, 0.717) is 54.8 Å². The van der Waals surface area contributed by atoms with Gasteiger partial charge in [0, 0.05) is 36.5 Å². The maximum atomic E-state index is 13.2. The summed E-state index contributed by atoms with van der Waals surface area (Å²) < 4.78 is 29.9. The van der Waals surface area contributed by atoms with Crippen molar-refractivity contribution in [3.8, 4) is 17.5 Å². The molecule has 0 amide bonds. The van der Waals surface area contributed by atoms with E-state index >= 15 is 0 Å². The zero-order valence-electron chi connectivity index (χ0n) is 18.5. The van der Waals surface area contributed by atoms with E-state index in [9.17, 15) is 18.5 Å². The van der Waals surface area contributed by atoms with Crippen LogP contribution in [0.1, 0.15) is 34.8 Å². The average molecular weight is 506 g/mol. The SMILES string of the molecule is N#Cc1ccccc1-c1nc2cccnc2n1C1CCN(S(=O)(=O)c2ccc(C=O)c(Cl)c2)CC1. The minimum Gasteiger partial charge on any atom is -0.305 e. The van der Waals surface area contributed by atoms with E-state index in [1.165, 1.54) is 22.5 Å². The Balaban J connectivity index is 1.47. The Bertz CT molecular complexity index is 1580. The van der Waals surface area contributed by atoms with Gasteiger partial charge in [0.2, 0.25) is 10.0 Å². The summed E-state index contributed by atoms with van der Waals surface area (Å²) in [4.78, 5) is 20.4. The Labute approximate surface area is 207 Å². The largest absolute Gasteiger partial charge is 0.305 e. The second-order valence-corrected chi connectivity index (χ2v) is 10.6. The van der Waals surface area contributed by atoms with Crippen molar-refractivity contribution in [3.63, 3.8) is 0 Å². The van der Waals surface area contributed by atoms with E-state index in [-0.39, 0.29) is 21.5 Å². The molecule has 2 aromatic heterocycles. The predicted octanol–water partition coefficient (Wildman–Crippen LogP) is 4.46. The number of nitrogens with zero attached hydrogens (tertiary/aromatic N) is 5. The highest BCUT2D eigenvalue weighted by Crippen LogP contribution is 2.35. The van der Waals surface area contributed by atoms with Gasteiger partial charge in [-0.05, 0) is 55.3 Å². The first-order chi connectivity index (χ1) is 16.9. The van der Waals surface area contributed by atoms with Gasteiger partial charge in [0.05, 0.1) is 21.6 Å². The lowest BCUT2D eigenvalue weighted by molar-refractivity contribution is 0.112. The van der Waals surface area contributed by atoms with Crippen LogP contribution < -0.4 is 0 Å². The average Bonchev–Trinajstić information content (AvgIpc) is 3.28. The smallest absolute Gasteiger partial charge is 0.243 e. The standard InChI is InChI=1S/C25H20ClN5O3S/c26-22-14-20(8-7-18(22)16-32)35(33,34)30-12-9-19(10-13-30)31-24(21-5-2-1-4-17(21)15-27)29-23-6-3-11-28-25(23)31/h1-8,11,14,16,19H,9-10,12-13H2. The van der Waals surface area contributed by atoms with Crippen molar-refractivity contribution in [2.45, 2.75) is 23.8 Å². The molecule has 35 heavy (non-hydrogen) atoms. The van der Waals surface area contributed by atoms with Gasteiger partial charge >= 0.3 is 0 Å². The molecule has 2 aromatic carbocycles. The molecule has 8 nitrogen and oxygen atoms in total. The zero-order chi connectivity index (χ0) is 24.6. The summed E-state index contributed by atoms with van der Waals surface area (Å²) in [6.45, 7) is 0.595. The summed E-state index contributed by atoms with van der Waals surface area (Å²) in [5.74, 6) is 0.647. The molecule has 1 aliphatic heterocycles. The molecule has 0 radical (unpaired) electrons. The lowest BCUT2D eigenvalue weighted by Gasteiger charge is -2.32. The molecule has 5 rings (SSSR count). The number of rotatable bonds is 5. The van der Waals surface area contributed by atoms with E-state index < -0.39 is 10.0 Å². The van der Waals surface area contributed by atoms with E-state index in [1.54, 1.807) is 12.3 Å². The topological polar surface area (TPSA) is 109 Å².